The van der Waals surface area contributed by atoms with Crippen LogP contribution in [-0.2, 0) is 19.3 Å². The summed E-state index contributed by atoms with van der Waals surface area (Å²) >= 11 is 0. The van der Waals surface area contributed by atoms with E-state index in [9.17, 15) is 17.6 Å². The van der Waals surface area contributed by atoms with Crippen LogP contribution in [0.2, 0.25) is 0 Å². The van der Waals surface area contributed by atoms with Crippen LogP contribution >= 0.6 is 0 Å². The van der Waals surface area contributed by atoms with Gasteiger partial charge in [0.25, 0.3) is 0 Å². The Morgan fingerprint density at radius 2 is 1.71 bits per heavy atom. The van der Waals surface area contributed by atoms with E-state index in [2.05, 4.69) is 16.4 Å². The summed E-state index contributed by atoms with van der Waals surface area (Å²) in [4.78, 5) is 6.45. The summed E-state index contributed by atoms with van der Waals surface area (Å²) in [5, 5.41) is 4.02. The van der Waals surface area contributed by atoms with E-state index in [4.69, 9.17) is 0 Å². The first-order chi connectivity index (χ1) is 18.1. The molecular formula is C28H30F6N4. The molecule has 1 aromatic heterocycles. The third-order valence-electron chi connectivity index (χ3n) is 8.24. The highest BCUT2D eigenvalue weighted by Crippen LogP contribution is 2.45. The standard InChI is InChI=1S/C28H30F6N4/c1-15-7-21-20-8-16-3-4-17(16)9-24(20)36-26(21)27(38(15)14-28(32,33)34)25-22(30)10-18(11-23(25)31)35-19-12-37(13-19)6-2-5-29/h8-11,15,19,27,35-36H,2-7,12-14H2,1H3/t15-,27-/m0/s1. The number of H-pyrrole nitrogens is 1. The van der Waals surface area contributed by atoms with Crippen LogP contribution < -0.4 is 5.32 Å². The van der Waals surface area contributed by atoms with E-state index in [1.165, 1.54) is 23.3 Å². The lowest BCUT2D eigenvalue weighted by Gasteiger charge is -2.41. The van der Waals surface area contributed by atoms with Crippen LogP contribution in [0.15, 0.2) is 24.3 Å². The minimum atomic E-state index is -4.54. The Labute approximate surface area is 217 Å². The van der Waals surface area contributed by atoms with Crippen LogP contribution in [0.25, 0.3) is 10.9 Å². The van der Waals surface area contributed by atoms with E-state index < -0.39 is 43.1 Å². The van der Waals surface area contributed by atoms with Gasteiger partial charge in [-0.15, -0.1) is 0 Å². The Kier molecular flexibility index (Phi) is 6.38. The Morgan fingerprint density at radius 1 is 1.03 bits per heavy atom. The molecule has 3 aliphatic rings. The summed E-state index contributed by atoms with van der Waals surface area (Å²) in [6, 6.07) is 4.56. The summed E-state index contributed by atoms with van der Waals surface area (Å²) in [7, 11) is 0. The average molecular weight is 537 g/mol. The van der Waals surface area contributed by atoms with Crippen molar-refractivity contribution in [2.45, 2.75) is 56.9 Å². The van der Waals surface area contributed by atoms with Gasteiger partial charge >= 0.3 is 6.18 Å². The molecule has 204 valence electrons. The number of likely N-dealkylation sites (tertiary alicyclic amines) is 1. The maximum absolute atomic E-state index is 15.7. The SMILES string of the molecule is C[C@H]1Cc2c([nH]c3cc4c(cc23)CC4)[C@H](c2c(F)cc(NC3CN(CCCF)C3)cc2F)N1CC(F)(F)F. The van der Waals surface area contributed by atoms with E-state index in [1.807, 2.05) is 11.0 Å². The maximum Gasteiger partial charge on any atom is 0.401 e. The highest BCUT2D eigenvalue weighted by atomic mass is 19.4. The largest absolute Gasteiger partial charge is 0.401 e. The average Bonchev–Trinajstić information content (AvgIpc) is 3.14. The third kappa shape index (κ3) is 4.55. The van der Waals surface area contributed by atoms with Crippen LogP contribution in [0.1, 0.15) is 47.3 Å². The number of halogens is 6. The summed E-state index contributed by atoms with van der Waals surface area (Å²) in [6.07, 6.45) is -1.84. The molecule has 0 amide bonds. The molecule has 1 aliphatic carbocycles. The van der Waals surface area contributed by atoms with Crippen LogP contribution in [0.4, 0.5) is 32.0 Å². The van der Waals surface area contributed by atoms with Crippen molar-refractivity contribution in [3.63, 3.8) is 0 Å². The van der Waals surface area contributed by atoms with Crippen molar-refractivity contribution in [1.82, 2.24) is 14.8 Å². The van der Waals surface area contributed by atoms with Crippen LogP contribution in [0.5, 0.6) is 0 Å². The lowest BCUT2D eigenvalue weighted by atomic mass is 9.84. The minimum absolute atomic E-state index is 0.0335. The van der Waals surface area contributed by atoms with Crippen LogP contribution in [0, 0.1) is 11.6 Å². The number of aromatic nitrogens is 1. The number of rotatable bonds is 7. The zero-order valence-electron chi connectivity index (χ0n) is 21.1. The highest BCUT2D eigenvalue weighted by molar-refractivity contribution is 5.87. The Morgan fingerprint density at radius 3 is 2.34 bits per heavy atom. The predicted octanol–water partition coefficient (Wildman–Crippen LogP) is 5.90. The monoisotopic (exact) mass is 536 g/mol. The Balaban J connectivity index is 1.37. The van der Waals surface area contributed by atoms with E-state index in [-0.39, 0.29) is 17.3 Å². The van der Waals surface area contributed by atoms with Gasteiger partial charge in [-0.25, -0.2) is 8.78 Å². The second-order valence-electron chi connectivity index (χ2n) is 10.9. The van der Waals surface area contributed by atoms with E-state index in [0.717, 1.165) is 34.2 Å². The summed E-state index contributed by atoms with van der Waals surface area (Å²) in [5.41, 5.74) is 4.31. The molecule has 1 fully saturated rings. The molecule has 0 bridgehead atoms. The maximum atomic E-state index is 15.7. The van der Waals surface area contributed by atoms with Gasteiger partial charge in [0.1, 0.15) is 11.6 Å². The first-order valence-corrected chi connectivity index (χ1v) is 13.1. The third-order valence-corrected chi connectivity index (χ3v) is 8.24. The molecule has 3 aromatic rings. The zero-order valence-corrected chi connectivity index (χ0v) is 21.1. The number of hydrogen-bond donors (Lipinski definition) is 2. The van der Waals surface area contributed by atoms with Gasteiger partial charge in [-0.3, -0.25) is 14.2 Å². The fourth-order valence-electron chi connectivity index (χ4n) is 6.31. The first kappa shape index (κ1) is 25.6. The van der Waals surface area contributed by atoms with Gasteiger partial charge in [0.15, 0.2) is 0 Å². The molecule has 2 aliphatic heterocycles. The second kappa shape index (κ2) is 9.48. The fraction of sp³-hybridized carbons (Fsp3) is 0.500. The van der Waals surface area contributed by atoms with Crippen LogP contribution in [-0.4, -0.2) is 65.9 Å². The molecule has 4 nitrogen and oxygen atoms in total. The molecule has 2 atom stereocenters. The number of nitrogens with one attached hydrogen (secondary N) is 2. The smallest absolute Gasteiger partial charge is 0.380 e. The van der Waals surface area contributed by atoms with Crippen LogP contribution in [0.3, 0.4) is 0 Å². The van der Waals surface area contributed by atoms with Crippen molar-refractivity contribution in [2.75, 3.05) is 38.2 Å². The first-order valence-electron chi connectivity index (χ1n) is 13.1. The normalized spacial score (nSPS) is 22.2. The molecule has 0 saturated carbocycles. The van der Waals surface area contributed by atoms with Gasteiger partial charge in [0, 0.05) is 53.5 Å². The number of fused-ring (bicyclic) bond motifs is 4. The lowest BCUT2D eigenvalue weighted by molar-refractivity contribution is -0.155. The van der Waals surface area contributed by atoms with Gasteiger partial charge in [0.2, 0.25) is 0 Å². The number of aromatic amines is 1. The Hall–Kier alpha value is -2.72. The molecule has 38 heavy (non-hydrogen) atoms. The molecule has 6 rings (SSSR count). The molecule has 0 radical (unpaired) electrons. The molecule has 3 heterocycles. The quantitative estimate of drug-likeness (QED) is 0.369. The molecule has 2 N–H and O–H groups in total. The molecule has 2 aromatic carbocycles. The lowest BCUT2D eigenvalue weighted by Crippen LogP contribution is -2.54. The second-order valence-corrected chi connectivity index (χ2v) is 10.9. The molecule has 1 saturated heterocycles. The highest BCUT2D eigenvalue weighted by Gasteiger charge is 2.44. The number of anilines is 1. The molecule has 0 unspecified atom stereocenters. The fourth-order valence-corrected chi connectivity index (χ4v) is 6.31. The van der Waals surface area contributed by atoms with Gasteiger partial charge in [-0.05, 0) is 73.6 Å². The number of benzene rings is 2. The van der Waals surface area contributed by atoms with E-state index in [0.29, 0.717) is 38.2 Å². The van der Waals surface area contributed by atoms with Crippen molar-refractivity contribution < 1.29 is 26.3 Å². The number of nitrogens with zero attached hydrogens (tertiary/aromatic N) is 2. The van der Waals surface area contributed by atoms with Crippen molar-refractivity contribution in [2.24, 2.45) is 0 Å². The van der Waals surface area contributed by atoms with Crippen molar-refractivity contribution in [3.8, 4) is 0 Å². The molecule has 0 spiro atoms. The number of alkyl halides is 4. The minimum Gasteiger partial charge on any atom is -0.380 e. The van der Waals surface area contributed by atoms with E-state index in [1.54, 1.807) is 6.92 Å². The number of aryl methyl sites for hydroxylation is 2. The number of hydrogen-bond acceptors (Lipinski definition) is 3. The van der Waals surface area contributed by atoms with Crippen molar-refractivity contribution in [3.05, 3.63) is 63.8 Å². The summed E-state index contributed by atoms with van der Waals surface area (Å²) in [5.74, 6) is -1.77. The van der Waals surface area contributed by atoms with Gasteiger partial charge in [-0.2, -0.15) is 13.2 Å². The van der Waals surface area contributed by atoms with Gasteiger partial charge in [0.05, 0.1) is 25.3 Å². The Bertz CT molecular complexity index is 1340. The van der Waals surface area contributed by atoms with E-state index >= 15 is 8.78 Å². The predicted molar refractivity (Wildman–Crippen MR) is 134 cm³/mol. The molecule has 10 heteroatoms. The van der Waals surface area contributed by atoms with Gasteiger partial charge in [-0.1, -0.05) is 0 Å². The summed E-state index contributed by atoms with van der Waals surface area (Å²) < 4.78 is 84.8. The summed E-state index contributed by atoms with van der Waals surface area (Å²) in [6.45, 7) is 1.90. The molecular weight excluding hydrogens is 506 g/mol. The topological polar surface area (TPSA) is 34.3 Å². The zero-order chi connectivity index (χ0) is 26.8. The van der Waals surface area contributed by atoms with Crippen molar-refractivity contribution in [1.29, 1.82) is 0 Å². The van der Waals surface area contributed by atoms with Crippen molar-refractivity contribution >= 4 is 16.6 Å². The van der Waals surface area contributed by atoms with Gasteiger partial charge < -0.3 is 10.3 Å².